The third-order valence-electron chi connectivity index (χ3n) is 4.82. The first kappa shape index (κ1) is 20.0. The first-order valence-electron chi connectivity index (χ1n) is 9.51. The number of methoxy groups -OCH3 is 1. The summed E-state index contributed by atoms with van der Waals surface area (Å²) in [7, 11) is 1.23. The average Bonchev–Trinajstić information content (AvgIpc) is 2.82. The van der Waals surface area contributed by atoms with E-state index in [9.17, 15) is 14.9 Å². The molecule has 154 valence electrons. The second-order valence-electron chi connectivity index (χ2n) is 6.75. The fourth-order valence-corrected chi connectivity index (χ4v) is 3.36. The summed E-state index contributed by atoms with van der Waals surface area (Å²) in [5.41, 5.74) is 2.26. The van der Waals surface area contributed by atoms with Crippen LogP contribution in [0.1, 0.15) is 16.1 Å². The number of carbonyl (C=O) groups excluding carboxylic acids is 1. The van der Waals surface area contributed by atoms with Gasteiger partial charge in [-0.05, 0) is 22.8 Å². The number of ether oxygens (including phenoxy) is 2. The predicted molar refractivity (Wildman–Crippen MR) is 116 cm³/mol. The number of fused-ring (bicyclic) bond motifs is 1. The van der Waals surface area contributed by atoms with Crippen LogP contribution in [0.5, 0.6) is 5.75 Å². The van der Waals surface area contributed by atoms with Crippen LogP contribution in [0.15, 0.2) is 78.9 Å². The Balaban J connectivity index is 1.98. The predicted octanol–water partition coefficient (Wildman–Crippen LogP) is 5.18. The third kappa shape index (κ3) is 4.06. The van der Waals surface area contributed by atoms with Crippen molar-refractivity contribution in [3.05, 3.63) is 100 Å². The fourth-order valence-electron chi connectivity index (χ4n) is 3.36. The molecule has 0 radical (unpaired) electrons. The van der Waals surface area contributed by atoms with E-state index >= 15 is 0 Å². The summed E-state index contributed by atoms with van der Waals surface area (Å²) >= 11 is 0. The van der Waals surface area contributed by atoms with Gasteiger partial charge in [0.15, 0.2) is 11.2 Å². The maximum atomic E-state index is 12.2. The van der Waals surface area contributed by atoms with Crippen LogP contribution in [0, 0.1) is 10.1 Å². The number of benzene rings is 3. The van der Waals surface area contributed by atoms with Crippen molar-refractivity contribution in [3.8, 4) is 16.9 Å². The minimum absolute atomic E-state index is 0.0635. The molecule has 0 unspecified atom stereocenters. The van der Waals surface area contributed by atoms with Crippen LogP contribution in [0.2, 0.25) is 0 Å². The maximum absolute atomic E-state index is 12.2. The smallest absolute Gasteiger partial charge is 0.356 e. The van der Waals surface area contributed by atoms with E-state index < -0.39 is 10.9 Å². The third-order valence-corrected chi connectivity index (χ3v) is 4.82. The molecule has 0 atom stereocenters. The lowest BCUT2D eigenvalue weighted by molar-refractivity contribution is -0.383. The van der Waals surface area contributed by atoms with Crippen LogP contribution in [0.25, 0.3) is 22.0 Å². The summed E-state index contributed by atoms with van der Waals surface area (Å²) in [5, 5.41) is 12.2. The molecule has 0 aliphatic rings. The molecule has 1 aromatic heterocycles. The number of hydrogen-bond acceptors (Lipinski definition) is 6. The summed E-state index contributed by atoms with van der Waals surface area (Å²) in [6, 6.07) is 23.5. The van der Waals surface area contributed by atoms with Gasteiger partial charge in [0.2, 0.25) is 0 Å². The van der Waals surface area contributed by atoms with Crippen molar-refractivity contribution in [2.45, 2.75) is 6.61 Å². The normalized spacial score (nSPS) is 10.6. The minimum atomic E-state index is -0.703. The number of nitro benzene ring substituents is 1. The van der Waals surface area contributed by atoms with Gasteiger partial charge in [0, 0.05) is 12.1 Å². The quantitative estimate of drug-likeness (QED) is 0.245. The van der Waals surface area contributed by atoms with Gasteiger partial charge in [0.25, 0.3) is 5.69 Å². The van der Waals surface area contributed by atoms with Crippen molar-refractivity contribution in [1.29, 1.82) is 0 Å². The topological polar surface area (TPSA) is 91.6 Å². The number of carbonyl (C=O) groups is 1. The Bertz CT molecular complexity index is 1260. The highest BCUT2D eigenvalue weighted by molar-refractivity contribution is 6.05. The molecule has 0 fully saturated rings. The molecular weight excluding hydrogens is 396 g/mol. The number of nitro groups is 1. The zero-order chi connectivity index (χ0) is 21.8. The highest BCUT2D eigenvalue weighted by Gasteiger charge is 2.23. The first-order chi connectivity index (χ1) is 15.1. The molecule has 0 aliphatic heterocycles. The SMILES string of the molecule is COC(=O)c1cc(OCc2ccccc2)c2c(-c3ccccc3)ccc([N+](=O)[O-])c2n1. The number of aromatic nitrogens is 1. The Hall–Kier alpha value is -4.26. The molecule has 0 spiro atoms. The summed E-state index contributed by atoms with van der Waals surface area (Å²) < 4.78 is 10.9. The van der Waals surface area contributed by atoms with E-state index in [1.807, 2.05) is 60.7 Å². The molecule has 0 amide bonds. The van der Waals surface area contributed by atoms with Crippen molar-refractivity contribution in [1.82, 2.24) is 4.98 Å². The first-order valence-corrected chi connectivity index (χ1v) is 9.51. The molecular formula is C24H18N2O5. The second-order valence-corrected chi connectivity index (χ2v) is 6.75. The van der Waals surface area contributed by atoms with Crippen LogP contribution < -0.4 is 4.74 Å². The van der Waals surface area contributed by atoms with Crippen LogP contribution >= 0.6 is 0 Å². The van der Waals surface area contributed by atoms with Crippen molar-refractivity contribution >= 4 is 22.6 Å². The van der Waals surface area contributed by atoms with Gasteiger partial charge in [0.1, 0.15) is 12.4 Å². The number of nitrogens with zero attached hydrogens (tertiary/aromatic N) is 2. The highest BCUT2D eigenvalue weighted by atomic mass is 16.6. The molecule has 0 saturated carbocycles. The summed E-state index contributed by atoms with van der Waals surface area (Å²) in [6.45, 7) is 0.220. The van der Waals surface area contributed by atoms with Gasteiger partial charge in [-0.3, -0.25) is 10.1 Å². The molecule has 31 heavy (non-hydrogen) atoms. The summed E-state index contributed by atoms with van der Waals surface area (Å²) in [4.78, 5) is 27.7. The van der Waals surface area contributed by atoms with Gasteiger partial charge in [-0.25, -0.2) is 9.78 Å². The maximum Gasteiger partial charge on any atom is 0.356 e. The lowest BCUT2D eigenvalue weighted by Crippen LogP contribution is -2.07. The lowest BCUT2D eigenvalue weighted by atomic mass is 9.98. The summed E-state index contributed by atoms with van der Waals surface area (Å²) in [6.07, 6.45) is 0. The molecule has 7 heteroatoms. The van der Waals surface area contributed by atoms with Crippen molar-refractivity contribution in [3.63, 3.8) is 0 Å². The fraction of sp³-hybridized carbons (Fsp3) is 0.0833. The Kier molecular flexibility index (Phi) is 5.57. The van der Waals surface area contributed by atoms with Gasteiger partial charge in [-0.15, -0.1) is 0 Å². The number of pyridine rings is 1. The highest BCUT2D eigenvalue weighted by Crippen LogP contribution is 2.39. The molecule has 4 aromatic rings. The van der Waals surface area contributed by atoms with E-state index in [1.165, 1.54) is 19.2 Å². The molecule has 0 aliphatic carbocycles. The molecule has 1 heterocycles. The Labute approximate surface area is 178 Å². The van der Waals surface area contributed by atoms with Crippen molar-refractivity contribution in [2.24, 2.45) is 0 Å². The number of rotatable bonds is 6. The van der Waals surface area contributed by atoms with E-state index in [2.05, 4.69) is 4.98 Å². The number of esters is 1. The van der Waals surface area contributed by atoms with E-state index in [-0.39, 0.29) is 23.5 Å². The number of non-ortho nitro benzene ring substituents is 1. The molecule has 4 rings (SSSR count). The van der Waals surface area contributed by atoms with Gasteiger partial charge in [-0.1, -0.05) is 60.7 Å². The average molecular weight is 414 g/mol. The lowest BCUT2D eigenvalue weighted by Gasteiger charge is -2.14. The van der Waals surface area contributed by atoms with Crippen LogP contribution in [-0.4, -0.2) is 23.0 Å². The van der Waals surface area contributed by atoms with Crippen LogP contribution in [0.3, 0.4) is 0 Å². The monoisotopic (exact) mass is 414 g/mol. The molecule has 0 saturated heterocycles. The summed E-state index contributed by atoms with van der Waals surface area (Å²) in [5.74, 6) is -0.386. The van der Waals surface area contributed by atoms with E-state index in [0.717, 1.165) is 11.1 Å². The van der Waals surface area contributed by atoms with Gasteiger partial charge in [-0.2, -0.15) is 0 Å². The van der Waals surface area contributed by atoms with Crippen molar-refractivity contribution in [2.75, 3.05) is 7.11 Å². The van der Waals surface area contributed by atoms with Crippen LogP contribution in [0.4, 0.5) is 5.69 Å². The second kappa shape index (κ2) is 8.62. The molecule has 0 N–H and O–H groups in total. The Morgan fingerprint density at radius 3 is 2.32 bits per heavy atom. The Morgan fingerprint density at radius 2 is 1.68 bits per heavy atom. The van der Waals surface area contributed by atoms with Crippen LogP contribution in [-0.2, 0) is 11.3 Å². The zero-order valence-electron chi connectivity index (χ0n) is 16.6. The van der Waals surface area contributed by atoms with E-state index in [4.69, 9.17) is 9.47 Å². The largest absolute Gasteiger partial charge is 0.488 e. The molecule has 3 aromatic carbocycles. The number of hydrogen-bond donors (Lipinski definition) is 0. The van der Waals surface area contributed by atoms with E-state index in [1.54, 1.807) is 6.07 Å². The standard InChI is InChI=1S/C24H18N2O5/c1-30-24(27)19-14-21(31-15-16-8-4-2-5-9-16)22-18(17-10-6-3-7-11-17)12-13-20(26(28)29)23(22)25-19/h2-14H,15H2,1H3. The van der Waals surface area contributed by atoms with Gasteiger partial charge < -0.3 is 9.47 Å². The van der Waals surface area contributed by atoms with Gasteiger partial charge >= 0.3 is 5.97 Å². The van der Waals surface area contributed by atoms with Gasteiger partial charge in [0.05, 0.1) is 17.4 Å². The van der Waals surface area contributed by atoms with E-state index in [0.29, 0.717) is 16.7 Å². The molecule has 7 nitrogen and oxygen atoms in total. The Morgan fingerprint density at radius 1 is 1.00 bits per heavy atom. The molecule has 0 bridgehead atoms. The zero-order valence-corrected chi connectivity index (χ0v) is 16.6. The van der Waals surface area contributed by atoms with Crippen molar-refractivity contribution < 1.29 is 19.2 Å². The minimum Gasteiger partial charge on any atom is -0.488 e.